The van der Waals surface area contributed by atoms with Crippen molar-refractivity contribution in [2.75, 3.05) is 25.0 Å². The molecule has 1 N–H and O–H groups in total. The molecule has 1 aliphatic rings. The number of likely N-dealkylation sites (tertiary alicyclic amines) is 1. The average molecular weight is 438 g/mol. The molecule has 0 aliphatic carbocycles. The zero-order chi connectivity index (χ0) is 21.6. The maximum absolute atomic E-state index is 12.7. The number of piperidine rings is 1. The van der Waals surface area contributed by atoms with E-state index in [1.165, 1.54) is 6.20 Å². The van der Waals surface area contributed by atoms with Gasteiger partial charge in [0, 0.05) is 24.7 Å². The SMILES string of the molecule is O=C(Nc1ccc(Cl)cn1)C1CCCN(C(=O)CCOc2cccc3ccccc23)C1. The summed E-state index contributed by atoms with van der Waals surface area (Å²) in [5.74, 6) is 0.856. The first-order valence-corrected chi connectivity index (χ1v) is 10.8. The van der Waals surface area contributed by atoms with Crippen LogP contribution >= 0.6 is 11.6 Å². The third kappa shape index (κ3) is 5.33. The largest absolute Gasteiger partial charge is 0.492 e. The number of benzene rings is 2. The second kappa shape index (κ2) is 9.79. The van der Waals surface area contributed by atoms with Crippen molar-refractivity contribution in [2.24, 2.45) is 5.92 Å². The number of fused-ring (bicyclic) bond motifs is 1. The van der Waals surface area contributed by atoms with E-state index in [0.717, 1.165) is 29.4 Å². The molecule has 6 nitrogen and oxygen atoms in total. The van der Waals surface area contributed by atoms with Gasteiger partial charge in [0.15, 0.2) is 0 Å². The molecule has 2 aromatic carbocycles. The maximum Gasteiger partial charge on any atom is 0.230 e. The van der Waals surface area contributed by atoms with E-state index >= 15 is 0 Å². The van der Waals surface area contributed by atoms with E-state index in [1.807, 2.05) is 42.5 Å². The van der Waals surface area contributed by atoms with Crippen LogP contribution < -0.4 is 10.1 Å². The molecule has 1 saturated heterocycles. The van der Waals surface area contributed by atoms with Crippen LogP contribution in [0.1, 0.15) is 19.3 Å². The minimum atomic E-state index is -0.255. The number of anilines is 1. The molecule has 4 rings (SSSR count). The highest BCUT2D eigenvalue weighted by molar-refractivity contribution is 6.30. The third-order valence-corrected chi connectivity index (χ3v) is 5.67. The third-order valence-electron chi connectivity index (χ3n) is 5.45. The van der Waals surface area contributed by atoms with E-state index in [1.54, 1.807) is 17.0 Å². The van der Waals surface area contributed by atoms with Crippen molar-refractivity contribution in [3.8, 4) is 5.75 Å². The molecule has 1 aliphatic heterocycles. The van der Waals surface area contributed by atoms with Gasteiger partial charge in [-0.1, -0.05) is 48.0 Å². The number of nitrogens with one attached hydrogen (secondary N) is 1. The second-order valence-corrected chi connectivity index (χ2v) is 8.04. The number of hydrogen-bond donors (Lipinski definition) is 1. The number of aromatic nitrogens is 1. The average Bonchev–Trinajstić information content (AvgIpc) is 2.80. The topological polar surface area (TPSA) is 71.5 Å². The summed E-state index contributed by atoms with van der Waals surface area (Å²) in [7, 11) is 0. The van der Waals surface area contributed by atoms with Crippen LogP contribution in [0.15, 0.2) is 60.8 Å². The van der Waals surface area contributed by atoms with Gasteiger partial charge >= 0.3 is 0 Å². The van der Waals surface area contributed by atoms with Crippen molar-refractivity contribution >= 4 is 40.0 Å². The van der Waals surface area contributed by atoms with Gasteiger partial charge in [-0.15, -0.1) is 0 Å². The lowest BCUT2D eigenvalue weighted by Gasteiger charge is -2.32. The van der Waals surface area contributed by atoms with Gasteiger partial charge in [0.1, 0.15) is 11.6 Å². The first-order valence-electron chi connectivity index (χ1n) is 10.4. The summed E-state index contributed by atoms with van der Waals surface area (Å²) in [6, 6.07) is 17.2. The first kappa shape index (κ1) is 21.1. The summed E-state index contributed by atoms with van der Waals surface area (Å²) in [5, 5.41) is 5.45. The van der Waals surface area contributed by atoms with E-state index in [-0.39, 0.29) is 24.2 Å². The van der Waals surface area contributed by atoms with Crippen LogP contribution in [0.2, 0.25) is 5.02 Å². The Morgan fingerprint density at radius 2 is 1.97 bits per heavy atom. The van der Waals surface area contributed by atoms with Gasteiger partial charge in [-0.3, -0.25) is 9.59 Å². The Kier molecular flexibility index (Phi) is 6.67. The number of carbonyl (C=O) groups excluding carboxylic acids is 2. The summed E-state index contributed by atoms with van der Waals surface area (Å²) in [5.41, 5.74) is 0. The van der Waals surface area contributed by atoms with Crippen LogP contribution in [-0.2, 0) is 9.59 Å². The predicted octanol–water partition coefficient (Wildman–Crippen LogP) is 4.53. The Hall–Kier alpha value is -3.12. The lowest BCUT2D eigenvalue weighted by molar-refractivity contribution is -0.135. The molecule has 160 valence electrons. The highest BCUT2D eigenvalue weighted by atomic mass is 35.5. The van der Waals surface area contributed by atoms with Crippen molar-refractivity contribution in [2.45, 2.75) is 19.3 Å². The summed E-state index contributed by atoms with van der Waals surface area (Å²) in [4.78, 5) is 31.2. The molecule has 7 heteroatoms. The fourth-order valence-electron chi connectivity index (χ4n) is 3.82. The number of nitrogens with zero attached hydrogens (tertiary/aromatic N) is 2. The Morgan fingerprint density at radius 1 is 1.13 bits per heavy atom. The monoisotopic (exact) mass is 437 g/mol. The molecule has 2 heterocycles. The molecule has 1 fully saturated rings. The Labute approximate surface area is 186 Å². The van der Waals surface area contributed by atoms with Gasteiger partial charge in [0.25, 0.3) is 0 Å². The standard InChI is InChI=1S/C24H24ClN3O3/c25-19-10-11-22(26-15-19)27-24(30)18-7-4-13-28(16-18)23(29)12-14-31-21-9-3-6-17-5-1-2-8-20(17)21/h1-3,5-6,8-11,15,18H,4,7,12-14,16H2,(H,26,27,30). The van der Waals surface area contributed by atoms with Gasteiger partial charge in [-0.25, -0.2) is 4.98 Å². The smallest absolute Gasteiger partial charge is 0.230 e. The fraction of sp³-hybridized carbons (Fsp3) is 0.292. The first-order chi connectivity index (χ1) is 15.1. The molecule has 0 bridgehead atoms. The zero-order valence-corrected chi connectivity index (χ0v) is 17.8. The van der Waals surface area contributed by atoms with Gasteiger partial charge in [-0.05, 0) is 36.4 Å². The van der Waals surface area contributed by atoms with E-state index in [9.17, 15) is 9.59 Å². The minimum Gasteiger partial charge on any atom is -0.492 e. The van der Waals surface area contributed by atoms with Crippen molar-refractivity contribution in [3.05, 3.63) is 65.8 Å². The molecular formula is C24H24ClN3O3. The number of halogens is 1. The molecule has 31 heavy (non-hydrogen) atoms. The lowest BCUT2D eigenvalue weighted by atomic mass is 9.97. The van der Waals surface area contributed by atoms with Gasteiger partial charge < -0.3 is 15.0 Å². The minimum absolute atomic E-state index is 0.00218. The number of pyridine rings is 1. The Morgan fingerprint density at radius 3 is 2.81 bits per heavy atom. The summed E-state index contributed by atoms with van der Waals surface area (Å²) in [6.07, 6.45) is 3.30. The number of carbonyl (C=O) groups is 2. The Bertz CT molecular complexity index is 1070. The van der Waals surface area contributed by atoms with Crippen LogP contribution in [0.4, 0.5) is 5.82 Å². The van der Waals surface area contributed by atoms with E-state index in [2.05, 4.69) is 10.3 Å². The normalized spacial score (nSPS) is 16.2. The predicted molar refractivity (Wildman–Crippen MR) is 121 cm³/mol. The van der Waals surface area contributed by atoms with Crippen LogP contribution in [0.5, 0.6) is 5.75 Å². The molecule has 3 aromatic rings. The molecular weight excluding hydrogens is 414 g/mol. The quantitative estimate of drug-likeness (QED) is 0.614. The van der Waals surface area contributed by atoms with Crippen LogP contribution in [0.25, 0.3) is 10.8 Å². The summed E-state index contributed by atoms with van der Waals surface area (Å²) >= 11 is 5.83. The van der Waals surface area contributed by atoms with E-state index in [4.69, 9.17) is 16.3 Å². The second-order valence-electron chi connectivity index (χ2n) is 7.61. The van der Waals surface area contributed by atoms with Crippen LogP contribution in [0, 0.1) is 5.92 Å². The van der Waals surface area contributed by atoms with Crippen molar-refractivity contribution in [3.63, 3.8) is 0 Å². The van der Waals surface area contributed by atoms with Gasteiger partial charge in [-0.2, -0.15) is 0 Å². The molecule has 1 aromatic heterocycles. The lowest BCUT2D eigenvalue weighted by Crippen LogP contribution is -2.44. The molecule has 0 radical (unpaired) electrons. The zero-order valence-electron chi connectivity index (χ0n) is 17.1. The summed E-state index contributed by atoms with van der Waals surface area (Å²) in [6.45, 7) is 1.37. The van der Waals surface area contributed by atoms with Crippen molar-refractivity contribution < 1.29 is 14.3 Å². The van der Waals surface area contributed by atoms with Gasteiger partial charge in [0.05, 0.1) is 24.0 Å². The number of rotatable bonds is 6. The van der Waals surface area contributed by atoms with Crippen LogP contribution in [-0.4, -0.2) is 41.4 Å². The van der Waals surface area contributed by atoms with Crippen molar-refractivity contribution in [1.29, 1.82) is 0 Å². The number of ether oxygens (including phenoxy) is 1. The maximum atomic E-state index is 12.7. The summed E-state index contributed by atoms with van der Waals surface area (Å²) < 4.78 is 5.90. The van der Waals surface area contributed by atoms with E-state index < -0.39 is 0 Å². The highest BCUT2D eigenvalue weighted by Crippen LogP contribution is 2.25. The number of amides is 2. The fourth-order valence-corrected chi connectivity index (χ4v) is 3.94. The Balaban J connectivity index is 1.29. The van der Waals surface area contributed by atoms with Gasteiger partial charge in [0.2, 0.25) is 11.8 Å². The van der Waals surface area contributed by atoms with E-state index in [0.29, 0.717) is 30.5 Å². The molecule has 1 atom stereocenters. The highest BCUT2D eigenvalue weighted by Gasteiger charge is 2.28. The number of hydrogen-bond acceptors (Lipinski definition) is 4. The molecule has 1 unspecified atom stereocenters. The van der Waals surface area contributed by atoms with Crippen LogP contribution in [0.3, 0.4) is 0 Å². The molecule has 2 amide bonds. The van der Waals surface area contributed by atoms with Crippen molar-refractivity contribution in [1.82, 2.24) is 9.88 Å². The molecule has 0 saturated carbocycles. The molecule has 0 spiro atoms.